The normalized spacial score (nSPS) is 10.3. The smallest absolute Gasteiger partial charge is 0.255 e. The number of carbonyl (C=O) groups excluding carboxylic acids is 1. The minimum absolute atomic E-state index is 0.226. The molecular formula is C21H20ClN3O2. The van der Waals surface area contributed by atoms with E-state index in [-0.39, 0.29) is 5.91 Å². The van der Waals surface area contributed by atoms with Crippen LogP contribution in [0.2, 0.25) is 5.02 Å². The number of methoxy groups -OCH3 is 1. The first kappa shape index (κ1) is 18.7. The van der Waals surface area contributed by atoms with Gasteiger partial charge in [-0.1, -0.05) is 29.8 Å². The summed E-state index contributed by atoms with van der Waals surface area (Å²) in [6.45, 7) is 2.54. The molecule has 0 saturated carbocycles. The van der Waals surface area contributed by atoms with E-state index in [1.807, 2.05) is 49.4 Å². The lowest BCUT2D eigenvalue weighted by molar-refractivity contribution is 0.102. The van der Waals surface area contributed by atoms with Crippen LogP contribution in [0.1, 0.15) is 21.5 Å². The summed E-state index contributed by atoms with van der Waals surface area (Å²) in [5, 5.41) is 6.80. The van der Waals surface area contributed by atoms with Crippen LogP contribution in [-0.4, -0.2) is 18.0 Å². The molecule has 6 heteroatoms. The summed E-state index contributed by atoms with van der Waals surface area (Å²) >= 11 is 5.90. The molecule has 0 fully saturated rings. The van der Waals surface area contributed by atoms with E-state index in [0.29, 0.717) is 34.4 Å². The maximum atomic E-state index is 12.6. The Hall–Kier alpha value is -3.05. The molecule has 1 heterocycles. The number of aryl methyl sites for hydroxylation is 1. The Kier molecular flexibility index (Phi) is 5.94. The molecule has 3 rings (SSSR count). The molecule has 1 amide bonds. The van der Waals surface area contributed by atoms with Crippen LogP contribution in [0.3, 0.4) is 0 Å². The molecule has 1 aromatic heterocycles. The quantitative estimate of drug-likeness (QED) is 0.636. The minimum Gasteiger partial charge on any atom is -0.495 e. The van der Waals surface area contributed by atoms with E-state index < -0.39 is 0 Å². The minimum atomic E-state index is -0.226. The molecule has 0 spiro atoms. The van der Waals surface area contributed by atoms with Crippen LogP contribution < -0.4 is 15.4 Å². The van der Waals surface area contributed by atoms with Crippen molar-refractivity contribution in [1.82, 2.24) is 4.98 Å². The van der Waals surface area contributed by atoms with E-state index in [0.717, 1.165) is 11.1 Å². The molecule has 0 aliphatic heterocycles. The molecule has 5 nitrogen and oxygen atoms in total. The van der Waals surface area contributed by atoms with Gasteiger partial charge in [0.1, 0.15) is 11.6 Å². The van der Waals surface area contributed by atoms with Crippen LogP contribution >= 0.6 is 11.6 Å². The fraction of sp³-hybridized carbons (Fsp3) is 0.143. The van der Waals surface area contributed by atoms with Crippen molar-refractivity contribution >= 4 is 29.0 Å². The first-order valence-electron chi connectivity index (χ1n) is 8.45. The second-order valence-corrected chi connectivity index (χ2v) is 6.50. The Morgan fingerprint density at radius 2 is 1.89 bits per heavy atom. The van der Waals surface area contributed by atoms with Gasteiger partial charge in [-0.2, -0.15) is 0 Å². The fourth-order valence-corrected chi connectivity index (χ4v) is 2.70. The van der Waals surface area contributed by atoms with E-state index in [4.69, 9.17) is 16.3 Å². The van der Waals surface area contributed by atoms with Gasteiger partial charge in [-0.15, -0.1) is 0 Å². The van der Waals surface area contributed by atoms with Crippen LogP contribution in [0.4, 0.5) is 11.5 Å². The van der Waals surface area contributed by atoms with Crippen LogP contribution in [0.25, 0.3) is 0 Å². The lowest BCUT2D eigenvalue weighted by Crippen LogP contribution is -2.13. The van der Waals surface area contributed by atoms with Gasteiger partial charge in [0.2, 0.25) is 0 Å². The molecule has 2 aromatic carbocycles. The summed E-state index contributed by atoms with van der Waals surface area (Å²) in [5.41, 5.74) is 3.24. The Morgan fingerprint density at radius 3 is 2.63 bits per heavy atom. The number of nitrogens with zero attached hydrogens (tertiary/aromatic N) is 1. The summed E-state index contributed by atoms with van der Waals surface area (Å²) in [6, 6.07) is 16.6. The summed E-state index contributed by atoms with van der Waals surface area (Å²) in [5.74, 6) is 1.01. The maximum Gasteiger partial charge on any atom is 0.255 e. The number of benzene rings is 2. The molecule has 0 radical (unpaired) electrons. The van der Waals surface area contributed by atoms with Crippen LogP contribution in [0, 0.1) is 6.92 Å². The van der Waals surface area contributed by atoms with Crippen molar-refractivity contribution in [3.05, 3.63) is 82.5 Å². The fourth-order valence-electron chi connectivity index (χ4n) is 2.58. The zero-order chi connectivity index (χ0) is 19.2. The van der Waals surface area contributed by atoms with Gasteiger partial charge >= 0.3 is 0 Å². The average Bonchev–Trinajstić information content (AvgIpc) is 2.68. The summed E-state index contributed by atoms with van der Waals surface area (Å²) in [4.78, 5) is 16.9. The number of halogens is 1. The molecule has 27 heavy (non-hydrogen) atoms. The SMILES string of the molecule is COc1ccc(C)cc1NC(=O)c1ccnc(NCc2ccc(Cl)cc2)c1. The largest absolute Gasteiger partial charge is 0.495 e. The van der Waals surface area contributed by atoms with Crippen molar-refractivity contribution in [3.8, 4) is 5.75 Å². The Balaban J connectivity index is 1.70. The average molecular weight is 382 g/mol. The topological polar surface area (TPSA) is 63.2 Å². The Labute approximate surface area is 163 Å². The highest BCUT2D eigenvalue weighted by atomic mass is 35.5. The van der Waals surface area contributed by atoms with Crippen LogP contribution in [-0.2, 0) is 6.54 Å². The zero-order valence-corrected chi connectivity index (χ0v) is 15.9. The number of carbonyl (C=O) groups is 1. The van der Waals surface area contributed by atoms with Gasteiger partial charge < -0.3 is 15.4 Å². The highest BCUT2D eigenvalue weighted by Crippen LogP contribution is 2.26. The van der Waals surface area contributed by atoms with Crippen LogP contribution in [0.15, 0.2) is 60.8 Å². The molecule has 0 unspecified atom stereocenters. The van der Waals surface area contributed by atoms with Crippen LogP contribution in [0.5, 0.6) is 5.75 Å². The molecule has 0 aliphatic rings. The Bertz CT molecular complexity index is 942. The van der Waals surface area contributed by atoms with Gasteiger partial charge in [0, 0.05) is 23.3 Å². The second kappa shape index (κ2) is 8.56. The summed E-state index contributed by atoms with van der Waals surface area (Å²) in [6.07, 6.45) is 1.60. The molecule has 0 atom stereocenters. The number of ether oxygens (including phenoxy) is 1. The van der Waals surface area contributed by atoms with Gasteiger partial charge in [-0.05, 0) is 54.4 Å². The van der Waals surface area contributed by atoms with E-state index in [2.05, 4.69) is 15.6 Å². The molecule has 0 aliphatic carbocycles. The van der Waals surface area contributed by atoms with Crippen molar-refractivity contribution < 1.29 is 9.53 Å². The van der Waals surface area contributed by atoms with Crippen molar-refractivity contribution in [2.45, 2.75) is 13.5 Å². The number of hydrogen-bond donors (Lipinski definition) is 2. The highest BCUT2D eigenvalue weighted by Gasteiger charge is 2.11. The van der Waals surface area contributed by atoms with Gasteiger partial charge in [-0.25, -0.2) is 4.98 Å². The lowest BCUT2D eigenvalue weighted by Gasteiger charge is -2.12. The van der Waals surface area contributed by atoms with E-state index in [9.17, 15) is 4.79 Å². The number of pyridine rings is 1. The number of hydrogen-bond acceptors (Lipinski definition) is 4. The van der Waals surface area contributed by atoms with Crippen molar-refractivity contribution in [1.29, 1.82) is 0 Å². The first-order chi connectivity index (χ1) is 13.0. The molecule has 3 aromatic rings. The number of anilines is 2. The molecule has 138 valence electrons. The highest BCUT2D eigenvalue weighted by molar-refractivity contribution is 6.30. The van der Waals surface area contributed by atoms with Gasteiger partial charge in [-0.3, -0.25) is 4.79 Å². The number of aromatic nitrogens is 1. The van der Waals surface area contributed by atoms with E-state index in [1.54, 1.807) is 25.4 Å². The molecule has 0 saturated heterocycles. The summed E-state index contributed by atoms with van der Waals surface area (Å²) in [7, 11) is 1.57. The van der Waals surface area contributed by atoms with Crippen molar-refractivity contribution in [3.63, 3.8) is 0 Å². The second-order valence-electron chi connectivity index (χ2n) is 6.07. The molecule has 2 N–H and O–H groups in total. The number of amides is 1. The predicted molar refractivity (Wildman–Crippen MR) is 109 cm³/mol. The van der Waals surface area contributed by atoms with Crippen molar-refractivity contribution in [2.24, 2.45) is 0 Å². The standard InChI is InChI=1S/C21H20ClN3O2/c1-14-3-8-19(27-2)18(11-14)25-21(26)16-9-10-23-20(12-16)24-13-15-4-6-17(22)7-5-15/h3-12H,13H2,1-2H3,(H,23,24)(H,25,26). The third-order valence-electron chi connectivity index (χ3n) is 4.01. The predicted octanol–water partition coefficient (Wildman–Crippen LogP) is 4.92. The van der Waals surface area contributed by atoms with E-state index >= 15 is 0 Å². The van der Waals surface area contributed by atoms with Gasteiger partial charge in [0.05, 0.1) is 12.8 Å². The molecule has 0 bridgehead atoms. The monoisotopic (exact) mass is 381 g/mol. The third-order valence-corrected chi connectivity index (χ3v) is 4.26. The number of nitrogens with one attached hydrogen (secondary N) is 2. The molecular weight excluding hydrogens is 362 g/mol. The van der Waals surface area contributed by atoms with E-state index in [1.165, 1.54) is 0 Å². The van der Waals surface area contributed by atoms with Gasteiger partial charge in [0.15, 0.2) is 0 Å². The number of rotatable bonds is 6. The first-order valence-corrected chi connectivity index (χ1v) is 8.83. The third kappa shape index (κ3) is 4.99. The maximum absolute atomic E-state index is 12.6. The van der Waals surface area contributed by atoms with Crippen molar-refractivity contribution in [2.75, 3.05) is 17.7 Å². The zero-order valence-electron chi connectivity index (χ0n) is 15.1. The lowest BCUT2D eigenvalue weighted by atomic mass is 10.2. The Morgan fingerprint density at radius 1 is 1.11 bits per heavy atom. The summed E-state index contributed by atoms with van der Waals surface area (Å²) < 4.78 is 5.31. The van der Waals surface area contributed by atoms with Gasteiger partial charge in [0.25, 0.3) is 5.91 Å².